The molecule has 0 heterocycles. The van der Waals surface area contributed by atoms with E-state index in [0.29, 0.717) is 51.1 Å². The monoisotopic (exact) mass is 2060 g/mol. The second-order valence-electron chi connectivity index (χ2n) is 41.6. The Labute approximate surface area is 907 Å². The Morgan fingerprint density at radius 1 is 0.153 bits per heavy atom. The molecule has 0 aliphatic heterocycles. The number of rotatable bonds is 94. The largest absolute Gasteiger partial charge is 0.494 e. The predicted molar refractivity (Wildman–Crippen MR) is 618 cm³/mol. The summed E-state index contributed by atoms with van der Waals surface area (Å²) in [5.41, 5.74) is 5.59. The van der Waals surface area contributed by atoms with E-state index >= 15 is 9.59 Å². The highest BCUT2D eigenvalue weighted by molar-refractivity contribution is 5.94. The van der Waals surface area contributed by atoms with Crippen molar-refractivity contribution in [2.24, 2.45) is 0 Å². The molecule has 0 N–H and O–H groups in total. The highest BCUT2D eigenvalue weighted by atomic mass is 16.6. The van der Waals surface area contributed by atoms with Gasteiger partial charge in [0.15, 0.2) is 23.0 Å². The maximum atomic E-state index is 15.1. The summed E-state index contributed by atoms with van der Waals surface area (Å²) >= 11 is 0. The molecule has 9 rings (SSSR count). The van der Waals surface area contributed by atoms with Crippen LogP contribution < -0.4 is 66.3 Å². The minimum atomic E-state index is -0.696. The smallest absolute Gasteiger partial charge is 0.343 e. The molecule has 9 aromatic carbocycles. The van der Waals surface area contributed by atoms with Crippen molar-refractivity contribution < 1.29 is 75.9 Å². The maximum absolute atomic E-state index is 15.1. The summed E-state index contributed by atoms with van der Waals surface area (Å²) in [5, 5.41) is 0. The molecule has 0 radical (unpaired) electrons. The van der Waals surface area contributed by atoms with Crippen molar-refractivity contribution in [3.63, 3.8) is 0 Å². The lowest BCUT2D eigenvalue weighted by molar-refractivity contribution is 0.0718. The Morgan fingerprint density at radius 2 is 0.287 bits per heavy atom. The van der Waals surface area contributed by atoms with Crippen molar-refractivity contribution in [2.75, 3.05) is 39.6 Å². The van der Waals surface area contributed by atoms with Crippen LogP contribution >= 0.6 is 0 Å². The molecule has 0 amide bonds. The van der Waals surface area contributed by atoms with Crippen LogP contribution in [0.2, 0.25) is 0 Å². The molecule has 16 nitrogen and oxygen atoms in total. The quantitative estimate of drug-likeness (QED) is 0.0201. The summed E-state index contributed by atoms with van der Waals surface area (Å²) in [6.07, 6.45) is 75.5. The van der Waals surface area contributed by atoms with Gasteiger partial charge in [0.1, 0.15) is 85.6 Å². The summed E-state index contributed by atoms with van der Waals surface area (Å²) in [6, 6.07) is 60.9. The number of benzene rings is 9. The summed E-state index contributed by atoms with van der Waals surface area (Å²) in [7, 11) is 0. The standard InChI is InChI=1S/C134H194O16/c1-7-13-19-25-31-37-43-49-55-61-95-137-119-79-67-111(68-80-119)105-143-127-101-117(102-128(144-106-112-69-81-120(82-70-112)138-96-62-56-50-44-38-32-26-20-14-8-2)131(127)147-109-115-75-87-123(88-76-115)141-99-65-59-53-47-41-35-29-23-17-11-5)133(135)149-125-91-93-126(94-92-125)150-134(136)118-103-129(145-107-113-71-83-121(84-72-113)139-97-63-57-51-45-39-33-27-21-15-9-3)132(148-110-116-77-89-124(90-78-116)142-100-66-60-54-48-42-36-30-24-18-12-6)130(104-118)146-108-114-73-85-122(86-74-114)140-98-64-58-52-46-40-34-28-22-16-10-4/h67-94,101-104H,7-66,95-100,105-110H2,1-6H3. The molecule has 0 aliphatic carbocycles. The lowest BCUT2D eigenvalue weighted by atomic mass is 10.1. The minimum Gasteiger partial charge on any atom is -0.494 e. The zero-order valence-electron chi connectivity index (χ0n) is 93.9. The van der Waals surface area contributed by atoms with Gasteiger partial charge in [0.25, 0.3) is 0 Å². The van der Waals surface area contributed by atoms with Crippen LogP contribution in [0.1, 0.15) is 481 Å². The minimum absolute atomic E-state index is 0.124. The number of esters is 2. The second-order valence-corrected chi connectivity index (χ2v) is 41.6. The summed E-state index contributed by atoms with van der Waals surface area (Å²) in [6.45, 7) is 18.3. The van der Waals surface area contributed by atoms with E-state index in [0.717, 1.165) is 145 Å². The van der Waals surface area contributed by atoms with Crippen LogP contribution in [0.3, 0.4) is 0 Å². The molecule has 0 saturated carbocycles. The maximum Gasteiger partial charge on any atom is 0.343 e. The van der Waals surface area contributed by atoms with Crippen molar-refractivity contribution in [3.05, 3.63) is 239 Å². The molecule has 9 aromatic rings. The van der Waals surface area contributed by atoms with E-state index in [-0.39, 0.29) is 85.3 Å². The summed E-state index contributed by atoms with van der Waals surface area (Å²) in [5.74, 6) is 5.45. The van der Waals surface area contributed by atoms with Crippen molar-refractivity contribution in [3.8, 4) is 80.5 Å². The summed E-state index contributed by atoms with van der Waals surface area (Å²) in [4.78, 5) is 30.1. The van der Waals surface area contributed by atoms with Crippen molar-refractivity contribution >= 4 is 11.9 Å². The topological polar surface area (TPSA) is 163 Å². The van der Waals surface area contributed by atoms with Crippen LogP contribution in [-0.2, 0) is 39.6 Å². The van der Waals surface area contributed by atoms with Crippen molar-refractivity contribution in [1.29, 1.82) is 0 Å². The van der Waals surface area contributed by atoms with Gasteiger partial charge in [-0.1, -0.05) is 461 Å². The zero-order valence-corrected chi connectivity index (χ0v) is 93.9. The number of hydrogen-bond donors (Lipinski definition) is 0. The van der Waals surface area contributed by atoms with Gasteiger partial charge in [-0.05, 0) is 193 Å². The molecule has 150 heavy (non-hydrogen) atoms. The van der Waals surface area contributed by atoms with E-state index in [1.165, 1.54) is 308 Å². The Kier molecular flexibility index (Phi) is 66.7. The molecule has 0 atom stereocenters. The third-order valence-corrected chi connectivity index (χ3v) is 28.2. The van der Waals surface area contributed by atoms with Crippen LogP contribution in [0.25, 0.3) is 0 Å². The normalized spacial score (nSPS) is 11.2. The first-order chi connectivity index (χ1) is 74.1. The molecule has 0 fully saturated rings. The van der Waals surface area contributed by atoms with Crippen molar-refractivity contribution in [2.45, 2.75) is 466 Å². The molecule has 0 spiro atoms. The number of unbranched alkanes of at least 4 members (excludes halogenated alkanes) is 54. The van der Waals surface area contributed by atoms with E-state index < -0.39 is 11.9 Å². The number of ether oxygens (including phenoxy) is 14. The van der Waals surface area contributed by atoms with Gasteiger partial charge in [0.2, 0.25) is 11.5 Å². The van der Waals surface area contributed by atoms with E-state index in [9.17, 15) is 0 Å². The molecule has 0 aliphatic rings. The first kappa shape index (κ1) is 123. The highest BCUT2D eigenvalue weighted by Crippen LogP contribution is 2.44. The van der Waals surface area contributed by atoms with Gasteiger partial charge < -0.3 is 66.3 Å². The van der Waals surface area contributed by atoms with Crippen molar-refractivity contribution in [1.82, 2.24) is 0 Å². The lowest BCUT2D eigenvalue weighted by Gasteiger charge is -2.19. The van der Waals surface area contributed by atoms with E-state index in [4.69, 9.17) is 66.3 Å². The number of hydrogen-bond acceptors (Lipinski definition) is 16. The van der Waals surface area contributed by atoms with E-state index in [2.05, 4.69) is 41.5 Å². The first-order valence-corrected chi connectivity index (χ1v) is 60.1. The average Bonchev–Trinajstić information content (AvgIpc) is 0.805. The van der Waals surface area contributed by atoms with E-state index in [1.807, 2.05) is 146 Å². The third-order valence-electron chi connectivity index (χ3n) is 28.2. The first-order valence-electron chi connectivity index (χ1n) is 60.1. The highest BCUT2D eigenvalue weighted by Gasteiger charge is 2.25. The van der Waals surface area contributed by atoms with E-state index in [1.54, 1.807) is 48.5 Å². The molecule has 16 heteroatoms. The fourth-order valence-corrected chi connectivity index (χ4v) is 18.7. The molecular formula is C134H194O16. The molecule has 0 bridgehead atoms. The van der Waals surface area contributed by atoms with Crippen LogP contribution in [0.4, 0.5) is 0 Å². The Bertz CT molecular complexity index is 4350. The van der Waals surface area contributed by atoms with Gasteiger partial charge in [-0.25, -0.2) is 9.59 Å². The van der Waals surface area contributed by atoms with Gasteiger partial charge >= 0.3 is 11.9 Å². The van der Waals surface area contributed by atoms with Crippen LogP contribution in [0.5, 0.6) is 80.5 Å². The molecular weight excluding hydrogens is 1870 g/mol. The SMILES string of the molecule is CCCCCCCCCCCCOc1ccc(COc2cc(C(=O)Oc3ccc(OC(=O)c4cc(OCc5ccc(OCCCCCCCCCCCC)cc5)c(OCc5ccc(OCCCCCCCCCCCC)cc5)c(OCc5ccc(OCCCCCCCCCCCC)cc5)c4)cc3)cc(OCc3ccc(OCCCCCCCCCCCC)cc3)c2OCc2ccc(OCCCCCCCCCCCC)cc2)cc1. The fourth-order valence-electron chi connectivity index (χ4n) is 18.7. The van der Waals surface area contributed by atoms with Crippen LogP contribution in [0, 0.1) is 0 Å². The number of carbonyl (C=O) groups excluding carboxylic acids is 2. The predicted octanol–water partition coefficient (Wildman–Crippen LogP) is 39.4. The average molecular weight is 2060 g/mol. The lowest BCUT2D eigenvalue weighted by Crippen LogP contribution is -2.12. The Balaban J connectivity index is 0.954. The number of carbonyl (C=O) groups is 2. The second kappa shape index (κ2) is 81.3. The molecule has 0 saturated heterocycles. The molecule has 826 valence electrons. The van der Waals surface area contributed by atoms with Gasteiger partial charge in [-0.15, -0.1) is 0 Å². The third kappa shape index (κ3) is 55.2. The zero-order chi connectivity index (χ0) is 105. The Morgan fingerprint density at radius 3 is 0.440 bits per heavy atom. The fraction of sp³-hybridized carbons (Fsp3) is 0.582. The Hall–Kier alpha value is -10.5. The van der Waals surface area contributed by atoms with Crippen LogP contribution in [0.15, 0.2) is 194 Å². The molecule has 0 aromatic heterocycles. The van der Waals surface area contributed by atoms with Crippen LogP contribution in [-0.4, -0.2) is 51.6 Å². The molecule has 0 unspecified atom stereocenters. The van der Waals surface area contributed by atoms with Gasteiger partial charge in [-0.2, -0.15) is 0 Å². The summed E-state index contributed by atoms with van der Waals surface area (Å²) < 4.78 is 91.2. The van der Waals surface area contributed by atoms with Gasteiger partial charge in [-0.3, -0.25) is 0 Å². The van der Waals surface area contributed by atoms with Gasteiger partial charge in [0, 0.05) is 0 Å². The van der Waals surface area contributed by atoms with Gasteiger partial charge in [0.05, 0.1) is 50.8 Å².